The van der Waals surface area contributed by atoms with Gasteiger partial charge in [-0.05, 0) is 30.7 Å². The van der Waals surface area contributed by atoms with E-state index >= 15 is 0 Å². The molecule has 26 heavy (non-hydrogen) atoms. The first-order chi connectivity index (χ1) is 12.5. The number of oxazole rings is 1. The summed E-state index contributed by atoms with van der Waals surface area (Å²) < 4.78 is 5.67. The second-order valence-electron chi connectivity index (χ2n) is 6.19. The zero-order chi connectivity index (χ0) is 18.5. The van der Waals surface area contributed by atoms with E-state index in [0.717, 1.165) is 22.5 Å². The van der Waals surface area contributed by atoms with Crippen molar-refractivity contribution in [3.05, 3.63) is 66.2 Å². The first-order valence-electron chi connectivity index (χ1n) is 8.36. The highest BCUT2D eigenvalue weighted by Gasteiger charge is 2.09. The van der Waals surface area contributed by atoms with Crippen molar-refractivity contribution in [3.63, 3.8) is 0 Å². The molecular weight excluding hydrogens is 328 g/mol. The molecule has 0 radical (unpaired) electrons. The molecule has 3 aromatic rings. The van der Waals surface area contributed by atoms with Gasteiger partial charge in [0.05, 0.1) is 12.7 Å². The zero-order valence-corrected chi connectivity index (χ0v) is 15.1. The van der Waals surface area contributed by atoms with Gasteiger partial charge in [-0.25, -0.2) is 9.78 Å². The van der Waals surface area contributed by atoms with E-state index in [0.29, 0.717) is 11.7 Å². The quantitative estimate of drug-likeness (QED) is 0.729. The van der Waals surface area contributed by atoms with Crippen molar-refractivity contribution in [2.75, 3.05) is 24.3 Å². The maximum atomic E-state index is 12.1. The molecule has 0 aliphatic rings. The molecule has 0 aliphatic carbocycles. The van der Waals surface area contributed by atoms with Crippen LogP contribution in [0.3, 0.4) is 0 Å². The topological polar surface area (TPSA) is 70.4 Å². The highest BCUT2D eigenvalue weighted by atomic mass is 16.4. The molecular formula is C20H22N4O2. The van der Waals surface area contributed by atoms with Gasteiger partial charge < -0.3 is 20.0 Å². The molecule has 2 N–H and O–H groups in total. The molecule has 1 aromatic heterocycles. The minimum absolute atomic E-state index is 0.216. The standard InChI is InChI=1S/C20H22N4O2/c1-14-11-16(9-10-17(14)24(2)3)23-20(25)22-13-19-21-12-18(26-19)15-7-5-4-6-8-15/h4-12H,13H2,1-3H3,(H2,22,23,25). The molecule has 0 aliphatic heterocycles. The molecule has 0 fully saturated rings. The van der Waals surface area contributed by atoms with Gasteiger partial charge in [-0.15, -0.1) is 0 Å². The van der Waals surface area contributed by atoms with Crippen molar-refractivity contribution in [2.24, 2.45) is 0 Å². The fourth-order valence-electron chi connectivity index (χ4n) is 2.69. The van der Waals surface area contributed by atoms with Crippen molar-refractivity contribution in [3.8, 4) is 11.3 Å². The van der Waals surface area contributed by atoms with Crippen molar-refractivity contribution < 1.29 is 9.21 Å². The lowest BCUT2D eigenvalue weighted by molar-refractivity contribution is 0.250. The average molecular weight is 350 g/mol. The number of amides is 2. The van der Waals surface area contributed by atoms with Crippen LogP contribution in [-0.2, 0) is 6.54 Å². The summed E-state index contributed by atoms with van der Waals surface area (Å²) in [7, 11) is 3.98. The third kappa shape index (κ3) is 4.22. The first-order valence-corrected chi connectivity index (χ1v) is 8.36. The van der Waals surface area contributed by atoms with Gasteiger partial charge in [0.2, 0.25) is 5.89 Å². The molecule has 0 bridgehead atoms. The molecule has 0 atom stereocenters. The first kappa shape index (κ1) is 17.5. The number of anilines is 2. The Morgan fingerprint density at radius 3 is 2.62 bits per heavy atom. The number of aryl methyl sites for hydroxylation is 1. The fraction of sp³-hybridized carbons (Fsp3) is 0.200. The molecule has 0 saturated heterocycles. The van der Waals surface area contributed by atoms with Crippen LogP contribution < -0.4 is 15.5 Å². The van der Waals surface area contributed by atoms with Crippen molar-refractivity contribution in [1.29, 1.82) is 0 Å². The van der Waals surface area contributed by atoms with E-state index in [-0.39, 0.29) is 12.6 Å². The Morgan fingerprint density at radius 2 is 1.92 bits per heavy atom. The molecule has 3 rings (SSSR count). The molecule has 2 aromatic carbocycles. The highest BCUT2D eigenvalue weighted by Crippen LogP contribution is 2.22. The monoisotopic (exact) mass is 350 g/mol. The van der Waals surface area contributed by atoms with Crippen LogP contribution in [-0.4, -0.2) is 25.1 Å². The van der Waals surface area contributed by atoms with E-state index in [1.54, 1.807) is 6.20 Å². The Balaban J connectivity index is 1.56. The molecule has 0 spiro atoms. The summed E-state index contributed by atoms with van der Waals surface area (Å²) in [5.41, 5.74) is 3.90. The van der Waals surface area contributed by atoms with E-state index in [2.05, 4.69) is 15.6 Å². The van der Waals surface area contributed by atoms with Crippen LogP contribution in [0.25, 0.3) is 11.3 Å². The van der Waals surface area contributed by atoms with E-state index in [1.807, 2.05) is 74.4 Å². The average Bonchev–Trinajstić information content (AvgIpc) is 3.09. The van der Waals surface area contributed by atoms with Crippen LogP contribution in [0.15, 0.2) is 59.1 Å². The lowest BCUT2D eigenvalue weighted by Gasteiger charge is -2.16. The highest BCUT2D eigenvalue weighted by molar-refractivity contribution is 5.89. The number of carbonyl (C=O) groups excluding carboxylic acids is 1. The van der Waals surface area contributed by atoms with Gasteiger partial charge in [-0.3, -0.25) is 0 Å². The summed E-state index contributed by atoms with van der Waals surface area (Å²) in [4.78, 5) is 18.3. The van der Waals surface area contributed by atoms with Gasteiger partial charge in [0, 0.05) is 31.0 Å². The normalized spacial score (nSPS) is 10.4. The van der Waals surface area contributed by atoms with Crippen molar-refractivity contribution in [1.82, 2.24) is 10.3 Å². The Morgan fingerprint density at radius 1 is 1.15 bits per heavy atom. The van der Waals surface area contributed by atoms with E-state index in [1.165, 1.54) is 0 Å². The molecule has 0 saturated carbocycles. The van der Waals surface area contributed by atoms with E-state index < -0.39 is 0 Å². The van der Waals surface area contributed by atoms with Gasteiger partial charge in [0.15, 0.2) is 5.76 Å². The number of urea groups is 1. The second-order valence-corrected chi connectivity index (χ2v) is 6.19. The molecule has 0 unspecified atom stereocenters. The summed E-state index contributed by atoms with van der Waals surface area (Å²) in [5.74, 6) is 1.14. The Bertz CT molecular complexity index is 888. The number of hydrogen-bond acceptors (Lipinski definition) is 4. The molecule has 6 heteroatoms. The van der Waals surface area contributed by atoms with Crippen molar-refractivity contribution >= 4 is 17.4 Å². The van der Waals surface area contributed by atoms with Crippen LogP contribution in [0.1, 0.15) is 11.5 Å². The van der Waals surface area contributed by atoms with Crippen LogP contribution in [0, 0.1) is 6.92 Å². The third-order valence-corrected chi connectivity index (χ3v) is 3.95. The summed E-state index contributed by atoms with van der Waals surface area (Å²) in [6.45, 7) is 2.23. The Hall–Kier alpha value is -3.28. The number of nitrogens with one attached hydrogen (secondary N) is 2. The van der Waals surface area contributed by atoms with E-state index in [9.17, 15) is 4.79 Å². The molecule has 134 valence electrons. The summed E-state index contributed by atoms with van der Waals surface area (Å²) in [6, 6.07) is 15.2. The molecule has 2 amide bonds. The number of hydrogen-bond donors (Lipinski definition) is 2. The lowest BCUT2D eigenvalue weighted by Crippen LogP contribution is -2.28. The van der Waals surface area contributed by atoms with Gasteiger partial charge in [0.25, 0.3) is 0 Å². The van der Waals surface area contributed by atoms with Crippen LogP contribution in [0.5, 0.6) is 0 Å². The van der Waals surface area contributed by atoms with Gasteiger partial charge in [-0.1, -0.05) is 30.3 Å². The maximum Gasteiger partial charge on any atom is 0.319 e. The number of rotatable bonds is 5. The SMILES string of the molecule is Cc1cc(NC(=O)NCc2ncc(-c3ccccc3)o2)ccc1N(C)C. The smallest absolute Gasteiger partial charge is 0.319 e. The molecule has 1 heterocycles. The Kier molecular flexibility index (Phi) is 5.22. The summed E-state index contributed by atoms with van der Waals surface area (Å²) >= 11 is 0. The maximum absolute atomic E-state index is 12.1. The predicted molar refractivity (Wildman–Crippen MR) is 103 cm³/mol. The second kappa shape index (κ2) is 7.74. The van der Waals surface area contributed by atoms with Gasteiger partial charge >= 0.3 is 6.03 Å². The largest absolute Gasteiger partial charge is 0.439 e. The van der Waals surface area contributed by atoms with E-state index in [4.69, 9.17) is 4.42 Å². The van der Waals surface area contributed by atoms with Crippen LogP contribution in [0.4, 0.5) is 16.2 Å². The summed E-state index contributed by atoms with van der Waals surface area (Å²) in [6.07, 6.45) is 1.66. The number of aromatic nitrogens is 1. The Labute approximate surface area is 152 Å². The minimum atomic E-state index is -0.304. The molecule has 6 nitrogen and oxygen atoms in total. The number of benzene rings is 2. The minimum Gasteiger partial charge on any atom is -0.439 e. The summed E-state index contributed by atoms with van der Waals surface area (Å²) in [5, 5.41) is 5.57. The fourth-order valence-corrected chi connectivity index (χ4v) is 2.69. The van der Waals surface area contributed by atoms with Crippen molar-refractivity contribution in [2.45, 2.75) is 13.5 Å². The number of carbonyl (C=O) groups is 1. The zero-order valence-electron chi connectivity index (χ0n) is 15.1. The lowest BCUT2D eigenvalue weighted by atomic mass is 10.1. The van der Waals surface area contributed by atoms with Crippen LogP contribution in [0.2, 0.25) is 0 Å². The van der Waals surface area contributed by atoms with Gasteiger partial charge in [-0.2, -0.15) is 0 Å². The van der Waals surface area contributed by atoms with Crippen LogP contribution >= 0.6 is 0 Å². The predicted octanol–water partition coefficient (Wildman–Crippen LogP) is 4.04. The number of nitrogens with zero attached hydrogens (tertiary/aromatic N) is 2. The van der Waals surface area contributed by atoms with Gasteiger partial charge in [0.1, 0.15) is 0 Å². The third-order valence-electron chi connectivity index (χ3n) is 3.95.